The third-order valence-corrected chi connectivity index (χ3v) is 9.48. The van der Waals surface area contributed by atoms with Gasteiger partial charge in [0.2, 0.25) is 0 Å². The van der Waals surface area contributed by atoms with Crippen LogP contribution in [0.3, 0.4) is 0 Å². The van der Waals surface area contributed by atoms with Crippen molar-refractivity contribution in [3.05, 3.63) is 155 Å². The first kappa shape index (κ1) is 28.5. The summed E-state index contributed by atoms with van der Waals surface area (Å²) in [5.74, 6) is 0.280. The van der Waals surface area contributed by atoms with Crippen molar-refractivity contribution in [3.63, 3.8) is 0 Å². The number of hydrogen-bond acceptors (Lipinski definition) is 0. The molecule has 0 fully saturated rings. The van der Waals surface area contributed by atoms with Crippen molar-refractivity contribution in [2.75, 3.05) is 0 Å². The van der Waals surface area contributed by atoms with Crippen molar-refractivity contribution >= 4 is 13.6 Å². The van der Waals surface area contributed by atoms with Gasteiger partial charge in [-0.1, -0.05) is 109 Å². The van der Waals surface area contributed by atoms with E-state index in [1.807, 2.05) is 0 Å². The van der Waals surface area contributed by atoms with Gasteiger partial charge in [0.05, 0.1) is 0 Å². The van der Waals surface area contributed by atoms with E-state index in [4.69, 9.17) is 0 Å². The van der Waals surface area contributed by atoms with Crippen LogP contribution in [0.2, 0.25) is 0 Å². The van der Waals surface area contributed by atoms with Gasteiger partial charge in [-0.3, -0.25) is 0 Å². The molecule has 2 aliphatic rings. The molecule has 0 saturated carbocycles. The van der Waals surface area contributed by atoms with Crippen LogP contribution in [0.15, 0.2) is 127 Å². The van der Waals surface area contributed by atoms with Gasteiger partial charge < -0.3 is 24.8 Å². The summed E-state index contributed by atoms with van der Waals surface area (Å²) in [5, 5.41) is 1.42. The third-order valence-electron chi connectivity index (χ3n) is 6.75. The average Bonchev–Trinajstić information content (AvgIpc) is 3.48. The molecule has 0 N–H and O–H groups in total. The molecule has 0 spiro atoms. The Hall–Kier alpha value is -2.09. The quantitative estimate of drug-likeness (QED) is 0.237. The summed E-state index contributed by atoms with van der Waals surface area (Å²) < 4.78 is 0. The summed E-state index contributed by atoms with van der Waals surface area (Å²) in [4.78, 5) is 0. The van der Waals surface area contributed by atoms with Crippen molar-refractivity contribution in [2.45, 2.75) is 18.0 Å². The SMILES string of the molecule is [C-]1=C(C2c3ccccc3-c3ccccc32)C=CC1=[Si](Cc1ccccc1)Cc1ccccc1.[Cl-].[Cl-].[Zr+3]. The van der Waals surface area contributed by atoms with Crippen molar-refractivity contribution in [1.29, 1.82) is 0 Å². The molecule has 2 aliphatic carbocycles. The van der Waals surface area contributed by atoms with Gasteiger partial charge in [-0.05, 0) is 53.9 Å². The number of allylic oxidation sites excluding steroid dienone is 4. The molecule has 0 aliphatic heterocycles. The molecule has 0 heterocycles. The van der Waals surface area contributed by atoms with Gasteiger partial charge in [0.25, 0.3) is 0 Å². The van der Waals surface area contributed by atoms with E-state index in [-0.39, 0.29) is 56.9 Å². The molecule has 4 aromatic rings. The maximum atomic E-state index is 3.92. The van der Waals surface area contributed by atoms with E-state index in [0.717, 1.165) is 12.1 Å². The van der Waals surface area contributed by atoms with Crippen molar-refractivity contribution in [3.8, 4) is 11.1 Å². The zero-order valence-corrected chi connectivity index (χ0v) is 24.8. The maximum absolute atomic E-state index is 3.92. The maximum Gasteiger partial charge on any atom is 3.00 e. The summed E-state index contributed by atoms with van der Waals surface area (Å²) in [7, 11) is -0.844. The first-order valence-electron chi connectivity index (χ1n) is 11.7. The van der Waals surface area contributed by atoms with E-state index in [2.05, 4.69) is 127 Å². The predicted molar refractivity (Wildman–Crippen MR) is 141 cm³/mol. The van der Waals surface area contributed by atoms with Gasteiger partial charge in [-0.2, -0.15) is 16.8 Å². The van der Waals surface area contributed by atoms with E-state index in [1.54, 1.807) is 0 Å². The number of halogens is 2. The molecule has 0 saturated heterocycles. The molecular weight excluding hydrogens is 575 g/mol. The van der Waals surface area contributed by atoms with Crippen LogP contribution >= 0.6 is 0 Å². The Labute approximate surface area is 247 Å². The zero-order valence-electron chi connectivity index (χ0n) is 19.8. The van der Waals surface area contributed by atoms with E-state index in [9.17, 15) is 0 Å². The Bertz CT molecular complexity index is 1320. The Morgan fingerprint density at radius 2 is 1.00 bits per heavy atom. The van der Waals surface area contributed by atoms with Crippen molar-refractivity contribution < 1.29 is 51.0 Å². The Kier molecular flexibility index (Phi) is 10.2. The van der Waals surface area contributed by atoms with E-state index < -0.39 is 8.41 Å². The van der Waals surface area contributed by atoms with Crippen molar-refractivity contribution in [2.24, 2.45) is 0 Å². The fraction of sp³-hybridized carbons (Fsp3) is 0.0938. The molecule has 1 radical (unpaired) electrons. The van der Waals surface area contributed by atoms with Gasteiger partial charge in [-0.15, -0.1) is 0 Å². The molecular formula is C32H25Cl2SiZr. The molecule has 0 unspecified atom stereocenters. The second-order valence-electron chi connectivity index (χ2n) is 8.86. The molecule has 6 rings (SSSR count). The van der Waals surface area contributed by atoms with Gasteiger partial charge in [0.1, 0.15) is 0 Å². The van der Waals surface area contributed by atoms with E-state index >= 15 is 0 Å². The van der Waals surface area contributed by atoms with Crippen LogP contribution in [0.5, 0.6) is 0 Å². The average molecular weight is 600 g/mol. The van der Waals surface area contributed by atoms with E-state index in [0.29, 0.717) is 0 Å². The van der Waals surface area contributed by atoms with Crippen LogP contribution in [0.25, 0.3) is 11.1 Å². The summed E-state index contributed by atoms with van der Waals surface area (Å²) in [5.41, 5.74) is 9.72. The molecule has 4 aromatic carbocycles. The predicted octanol–water partition coefficient (Wildman–Crippen LogP) is 0.916. The smallest absolute Gasteiger partial charge is 1.00 e. The molecule has 0 aromatic heterocycles. The topological polar surface area (TPSA) is 0 Å². The van der Waals surface area contributed by atoms with Crippen LogP contribution in [-0.2, 0) is 38.3 Å². The van der Waals surface area contributed by atoms with Crippen LogP contribution in [-0.4, -0.2) is 13.6 Å². The fourth-order valence-electron chi connectivity index (χ4n) is 5.21. The Balaban J connectivity index is 0.00000120. The molecule has 4 heteroatoms. The second-order valence-corrected chi connectivity index (χ2v) is 11.3. The first-order valence-corrected chi connectivity index (χ1v) is 13.6. The summed E-state index contributed by atoms with van der Waals surface area (Å²) in [6.45, 7) is 0. The first-order chi connectivity index (χ1) is 16.4. The second kappa shape index (κ2) is 12.9. The molecule has 0 bridgehead atoms. The van der Waals surface area contributed by atoms with Gasteiger partial charge in [0, 0.05) is 5.92 Å². The minimum atomic E-state index is -0.844. The summed E-state index contributed by atoms with van der Waals surface area (Å²) >= 11 is 0. The molecule has 0 nitrogen and oxygen atoms in total. The van der Waals surface area contributed by atoms with Gasteiger partial charge in [-0.25, -0.2) is 12.2 Å². The molecule has 175 valence electrons. The van der Waals surface area contributed by atoms with Crippen LogP contribution in [0, 0.1) is 6.08 Å². The van der Waals surface area contributed by atoms with Crippen LogP contribution in [0.4, 0.5) is 0 Å². The summed E-state index contributed by atoms with van der Waals surface area (Å²) in [6, 6.07) is 41.9. The minimum Gasteiger partial charge on any atom is -1.00 e. The zero-order chi connectivity index (χ0) is 22.0. The van der Waals surface area contributed by atoms with E-state index in [1.165, 1.54) is 44.1 Å². The van der Waals surface area contributed by atoms with Crippen LogP contribution in [0.1, 0.15) is 28.2 Å². The standard InChI is InChI=1S/C32H25Si.2ClH.Zr/c1-3-11-24(12-4-1)22-33(23-25-13-5-2-6-14-25)27-20-19-26(21-27)32-30-17-9-7-15-28(30)29-16-8-10-18-31(29)32;;;/h1-20,32H,22-23H2;2*1H;/q-1;;;+3/p-2. The van der Waals surface area contributed by atoms with Crippen molar-refractivity contribution in [1.82, 2.24) is 0 Å². The Morgan fingerprint density at radius 3 is 1.50 bits per heavy atom. The molecule has 36 heavy (non-hydrogen) atoms. The molecule has 0 atom stereocenters. The van der Waals surface area contributed by atoms with Gasteiger partial charge in [0.15, 0.2) is 0 Å². The number of rotatable bonds is 5. The monoisotopic (exact) mass is 597 g/mol. The Morgan fingerprint density at radius 1 is 0.556 bits per heavy atom. The minimum absolute atomic E-state index is 0. The largest absolute Gasteiger partial charge is 3.00 e. The number of benzene rings is 4. The number of fused-ring (bicyclic) bond motifs is 3. The number of hydrogen-bond donors (Lipinski definition) is 0. The van der Waals surface area contributed by atoms with Gasteiger partial charge >= 0.3 is 26.2 Å². The normalized spacial score (nSPS) is 13.0. The van der Waals surface area contributed by atoms with Crippen LogP contribution < -0.4 is 24.8 Å². The summed E-state index contributed by atoms with van der Waals surface area (Å²) in [6.07, 6.45) is 8.62. The fourth-order valence-corrected chi connectivity index (χ4v) is 7.82. The molecule has 0 amide bonds. The third kappa shape index (κ3) is 5.74.